The van der Waals surface area contributed by atoms with Gasteiger partial charge in [-0.05, 0) is 37.0 Å². The van der Waals surface area contributed by atoms with Crippen LogP contribution in [0.15, 0.2) is 49.2 Å². The smallest absolute Gasteiger partial charge is 0.180 e. The van der Waals surface area contributed by atoms with Crippen LogP contribution in [-0.2, 0) is 6.42 Å². The van der Waals surface area contributed by atoms with Crippen molar-refractivity contribution in [2.24, 2.45) is 0 Å². The van der Waals surface area contributed by atoms with Gasteiger partial charge in [0.25, 0.3) is 0 Å². The molecule has 2 N–H and O–H groups in total. The Hall–Kier alpha value is -3.81. The Labute approximate surface area is 184 Å². The second-order valence-electron chi connectivity index (χ2n) is 8.18. The van der Waals surface area contributed by atoms with Crippen molar-refractivity contribution in [3.63, 3.8) is 0 Å². The molecule has 5 rings (SSSR count). The lowest BCUT2D eigenvalue weighted by Crippen LogP contribution is -2.09. The molecule has 4 aromatic heterocycles. The molecule has 0 fully saturated rings. The van der Waals surface area contributed by atoms with Gasteiger partial charge >= 0.3 is 0 Å². The summed E-state index contributed by atoms with van der Waals surface area (Å²) >= 11 is 0. The van der Waals surface area contributed by atoms with E-state index in [0.717, 1.165) is 33.7 Å². The number of anilines is 1. The largest absolute Gasteiger partial charge is 0.367 e. The first-order valence-corrected chi connectivity index (χ1v) is 10.7. The fraction of sp³-hybridized carbons (Fsp3) is 0.250. The molecule has 0 amide bonds. The molecule has 0 radical (unpaired) electrons. The molecule has 0 unspecified atom stereocenters. The monoisotopic (exact) mass is 429 g/mol. The van der Waals surface area contributed by atoms with E-state index in [1.54, 1.807) is 18.5 Å². The SMILES string of the molecule is Cc1ncc(-c2cn3c(C(C)C)cnc3c(NCCc3c[nH]c4cccc(F)c34)n2)cn1. The number of rotatable bonds is 6. The Morgan fingerprint density at radius 2 is 1.94 bits per heavy atom. The summed E-state index contributed by atoms with van der Waals surface area (Å²) in [6, 6.07) is 5.08. The Morgan fingerprint density at radius 1 is 1.12 bits per heavy atom. The van der Waals surface area contributed by atoms with Crippen molar-refractivity contribution in [3.05, 3.63) is 72.1 Å². The molecule has 0 saturated heterocycles. The summed E-state index contributed by atoms with van der Waals surface area (Å²) < 4.78 is 16.4. The maximum atomic E-state index is 14.3. The topological polar surface area (TPSA) is 83.8 Å². The summed E-state index contributed by atoms with van der Waals surface area (Å²) in [6.07, 6.45) is 9.93. The summed E-state index contributed by atoms with van der Waals surface area (Å²) in [6.45, 7) is 6.71. The number of hydrogen-bond donors (Lipinski definition) is 2. The number of aromatic amines is 1. The summed E-state index contributed by atoms with van der Waals surface area (Å²) in [5, 5.41) is 4.05. The van der Waals surface area contributed by atoms with Gasteiger partial charge in [0.05, 0.1) is 5.69 Å². The van der Waals surface area contributed by atoms with Crippen LogP contribution >= 0.6 is 0 Å². The van der Waals surface area contributed by atoms with Crippen LogP contribution < -0.4 is 5.32 Å². The molecular weight excluding hydrogens is 405 g/mol. The third-order valence-corrected chi connectivity index (χ3v) is 5.61. The maximum absolute atomic E-state index is 14.3. The van der Waals surface area contributed by atoms with Crippen molar-refractivity contribution in [3.8, 4) is 11.3 Å². The third kappa shape index (κ3) is 3.57. The summed E-state index contributed by atoms with van der Waals surface area (Å²) in [5.41, 5.74) is 5.18. The van der Waals surface area contributed by atoms with Gasteiger partial charge < -0.3 is 10.3 Å². The first-order chi connectivity index (χ1) is 15.5. The van der Waals surface area contributed by atoms with Crippen molar-refractivity contribution in [2.75, 3.05) is 11.9 Å². The lowest BCUT2D eigenvalue weighted by atomic mass is 10.1. The van der Waals surface area contributed by atoms with Crippen LogP contribution in [-0.4, -0.2) is 35.9 Å². The van der Waals surface area contributed by atoms with E-state index in [9.17, 15) is 4.39 Å². The molecule has 162 valence electrons. The number of imidazole rings is 1. The predicted octanol–water partition coefficient (Wildman–Crippen LogP) is 4.89. The first-order valence-electron chi connectivity index (χ1n) is 10.7. The van der Waals surface area contributed by atoms with Crippen molar-refractivity contribution >= 4 is 22.4 Å². The minimum Gasteiger partial charge on any atom is -0.367 e. The van der Waals surface area contributed by atoms with Gasteiger partial charge in [0, 0.05) is 59.7 Å². The van der Waals surface area contributed by atoms with E-state index in [-0.39, 0.29) is 5.82 Å². The van der Waals surface area contributed by atoms with Gasteiger partial charge in [0.1, 0.15) is 11.6 Å². The quantitative estimate of drug-likeness (QED) is 0.401. The number of halogens is 1. The van der Waals surface area contributed by atoms with Crippen LogP contribution in [0.5, 0.6) is 0 Å². The molecule has 0 aliphatic rings. The number of aryl methyl sites for hydroxylation is 1. The van der Waals surface area contributed by atoms with Gasteiger partial charge in [0.15, 0.2) is 11.5 Å². The molecule has 0 bridgehead atoms. The van der Waals surface area contributed by atoms with E-state index < -0.39 is 0 Å². The second kappa shape index (κ2) is 8.03. The number of H-pyrrole nitrogens is 1. The Morgan fingerprint density at radius 3 is 2.72 bits per heavy atom. The van der Waals surface area contributed by atoms with Crippen molar-refractivity contribution in [1.29, 1.82) is 0 Å². The fourth-order valence-corrected chi connectivity index (χ4v) is 3.94. The highest BCUT2D eigenvalue weighted by molar-refractivity contribution is 5.83. The molecule has 5 aromatic rings. The van der Waals surface area contributed by atoms with E-state index in [0.29, 0.717) is 35.9 Å². The van der Waals surface area contributed by atoms with Crippen LogP contribution in [0.3, 0.4) is 0 Å². The predicted molar refractivity (Wildman–Crippen MR) is 123 cm³/mol. The van der Waals surface area contributed by atoms with Gasteiger partial charge in [-0.2, -0.15) is 0 Å². The van der Waals surface area contributed by atoms with Crippen LogP contribution in [0.1, 0.15) is 36.8 Å². The summed E-state index contributed by atoms with van der Waals surface area (Å²) in [5.74, 6) is 1.48. The van der Waals surface area contributed by atoms with E-state index in [1.807, 2.05) is 31.6 Å². The van der Waals surface area contributed by atoms with Crippen LogP contribution in [0, 0.1) is 12.7 Å². The molecule has 4 heterocycles. The highest BCUT2D eigenvalue weighted by atomic mass is 19.1. The number of nitrogens with zero attached hydrogens (tertiary/aromatic N) is 5. The van der Waals surface area contributed by atoms with Crippen molar-refractivity contribution < 1.29 is 4.39 Å². The zero-order valence-electron chi connectivity index (χ0n) is 18.2. The minimum atomic E-state index is -0.213. The molecular formula is C24H24FN7. The molecule has 0 spiro atoms. The normalized spacial score (nSPS) is 11.7. The average Bonchev–Trinajstić information content (AvgIpc) is 3.39. The fourth-order valence-electron chi connectivity index (χ4n) is 3.94. The number of hydrogen-bond acceptors (Lipinski definition) is 5. The van der Waals surface area contributed by atoms with E-state index in [4.69, 9.17) is 4.98 Å². The molecule has 0 saturated carbocycles. The standard InChI is InChI=1S/C24H24FN7/c1-14(2)21-12-30-24-23(31-20(13-32(21)24)17-10-27-15(3)28-11-17)26-8-7-16-9-29-19-6-4-5-18(25)22(16)19/h4-6,9-14,29H,7-8H2,1-3H3,(H,26,31). The Bertz CT molecular complexity index is 1400. The first kappa shape index (κ1) is 20.1. The van der Waals surface area contributed by atoms with E-state index in [2.05, 4.69) is 43.5 Å². The lowest BCUT2D eigenvalue weighted by molar-refractivity contribution is 0.639. The van der Waals surface area contributed by atoms with Gasteiger partial charge in [-0.25, -0.2) is 24.3 Å². The minimum absolute atomic E-state index is 0.213. The van der Waals surface area contributed by atoms with Crippen LogP contribution in [0.2, 0.25) is 0 Å². The number of fused-ring (bicyclic) bond motifs is 2. The van der Waals surface area contributed by atoms with Gasteiger partial charge in [-0.3, -0.25) is 4.40 Å². The molecule has 0 aliphatic carbocycles. The van der Waals surface area contributed by atoms with Crippen LogP contribution in [0.4, 0.5) is 10.2 Å². The maximum Gasteiger partial charge on any atom is 0.180 e. The molecule has 1 aromatic carbocycles. The molecule has 32 heavy (non-hydrogen) atoms. The highest BCUT2D eigenvalue weighted by Crippen LogP contribution is 2.26. The lowest BCUT2D eigenvalue weighted by Gasteiger charge is -2.12. The number of benzene rings is 1. The molecule has 8 heteroatoms. The van der Waals surface area contributed by atoms with Crippen molar-refractivity contribution in [1.82, 2.24) is 29.3 Å². The van der Waals surface area contributed by atoms with Crippen molar-refractivity contribution in [2.45, 2.75) is 33.1 Å². The highest BCUT2D eigenvalue weighted by Gasteiger charge is 2.15. The average molecular weight is 430 g/mol. The van der Waals surface area contributed by atoms with Gasteiger partial charge in [-0.1, -0.05) is 19.9 Å². The third-order valence-electron chi connectivity index (χ3n) is 5.61. The zero-order chi connectivity index (χ0) is 22.2. The number of aromatic nitrogens is 6. The summed E-state index contributed by atoms with van der Waals surface area (Å²) in [4.78, 5) is 21.2. The van der Waals surface area contributed by atoms with Gasteiger partial charge in [-0.15, -0.1) is 0 Å². The Kier molecular flexibility index (Phi) is 5.05. The number of nitrogens with one attached hydrogen (secondary N) is 2. The van der Waals surface area contributed by atoms with E-state index in [1.165, 1.54) is 6.07 Å². The van der Waals surface area contributed by atoms with Gasteiger partial charge in [0.2, 0.25) is 0 Å². The molecule has 7 nitrogen and oxygen atoms in total. The second-order valence-corrected chi connectivity index (χ2v) is 8.18. The van der Waals surface area contributed by atoms with Crippen LogP contribution in [0.25, 0.3) is 27.8 Å². The zero-order valence-corrected chi connectivity index (χ0v) is 18.2. The molecule has 0 atom stereocenters. The summed E-state index contributed by atoms with van der Waals surface area (Å²) in [7, 11) is 0. The Balaban J connectivity index is 1.48. The van der Waals surface area contributed by atoms with E-state index >= 15 is 0 Å². The molecule has 0 aliphatic heterocycles.